The van der Waals surface area contributed by atoms with Crippen LogP contribution < -0.4 is 5.32 Å². The van der Waals surface area contributed by atoms with Gasteiger partial charge in [0.2, 0.25) is 0 Å². The zero-order chi connectivity index (χ0) is 11.2. The van der Waals surface area contributed by atoms with Gasteiger partial charge < -0.3 is 10.3 Å². The lowest BCUT2D eigenvalue weighted by molar-refractivity contribution is 0.855. The van der Waals surface area contributed by atoms with E-state index in [1.807, 2.05) is 19.2 Å². The Kier molecular flexibility index (Phi) is 3.59. The summed E-state index contributed by atoms with van der Waals surface area (Å²) in [6.45, 7) is 2.95. The van der Waals surface area contributed by atoms with Crippen LogP contribution in [0.2, 0.25) is 0 Å². The molecule has 0 aliphatic carbocycles. The third-order valence-corrected chi connectivity index (χ3v) is 2.48. The number of nitrogens with one attached hydrogen (secondary N) is 2. The molecule has 2 N–H and O–H groups in total. The zero-order valence-corrected chi connectivity index (χ0v) is 9.53. The highest BCUT2D eigenvalue weighted by molar-refractivity contribution is 5.25. The number of benzene rings is 1. The largest absolute Gasteiger partial charge is 0.356 e. The molecular formula is C13H17N3. The maximum atomic E-state index is 4.19. The van der Waals surface area contributed by atoms with Crippen LogP contribution in [0.25, 0.3) is 0 Å². The number of hydrogen-bond donors (Lipinski definition) is 2. The molecule has 0 radical (unpaired) electrons. The van der Waals surface area contributed by atoms with Crippen LogP contribution in [-0.4, -0.2) is 16.5 Å². The maximum absolute atomic E-state index is 4.19. The van der Waals surface area contributed by atoms with Crippen LogP contribution in [0.1, 0.15) is 17.7 Å². The smallest absolute Gasteiger partial charge is 0.200 e. The minimum absolute atomic E-state index is 0.866. The van der Waals surface area contributed by atoms with E-state index in [1.54, 1.807) is 0 Å². The molecule has 1 aromatic heterocycles. The minimum atomic E-state index is 0.866. The van der Waals surface area contributed by atoms with Crippen molar-refractivity contribution in [1.29, 1.82) is 0 Å². The summed E-state index contributed by atoms with van der Waals surface area (Å²) in [5.41, 5.74) is 2.48. The Hall–Kier alpha value is -1.77. The molecule has 3 heteroatoms. The number of H-pyrrole nitrogens is 1. The minimum Gasteiger partial charge on any atom is -0.356 e. The van der Waals surface area contributed by atoms with Gasteiger partial charge in [0, 0.05) is 18.4 Å². The van der Waals surface area contributed by atoms with E-state index in [2.05, 4.69) is 39.6 Å². The third kappa shape index (κ3) is 3.12. The van der Waals surface area contributed by atoms with Crippen LogP contribution in [0, 0.1) is 6.92 Å². The maximum Gasteiger partial charge on any atom is 0.200 e. The Balaban J connectivity index is 1.69. The fourth-order valence-corrected chi connectivity index (χ4v) is 1.65. The van der Waals surface area contributed by atoms with E-state index >= 15 is 0 Å². The lowest BCUT2D eigenvalue weighted by Crippen LogP contribution is -2.04. The predicted octanol–water partition coefficient (Wildman–Crippen LogP) is 2.76. The van der Waals surface area contributed by atoms with Gasteiger partial charge in [0.25, 0.3) is 0 Å². The number of rotatable bonds is 5. The van der Waals surface area contributed by atoms with Gasteiger partial charge in [-0.2, -0.15) is 0 Å². The van der Waals surface area contributed by atoms with Gasteiger partial charge in [-0.25, -0.2) is 4.98 Å². The number of aromatic nitrogens is 2. The third-order valence-electron chi connectivity index (χ3n) is 2.48. The number of aryl methyl sites for hydroxylation is 2. The van der Waals surface area contributed by atoms with Crippen LogP contribution in [0.15, 0.2) is 36.5 Å². The Morgan fingerprint density at radius 3 is 2.75 bits per heavy atom. The quantitative estimate of drug-likeness (QED) is 0.753. The van der Waals surface area contributed by atoms with E-state index in [0.29, 0.717) is 0 Å². The molecule has 1 heterocycles. The molecule has 0 saturated carbocycles. The van der Waals surface area contributed by atoms with Gasteiger partial charge >= 0.3 is 0 Å². The van der Waals surface area contributed by atoms with Crippen LogP contribution in [0.3, 0.4) is 0 Å². The summed E-state index contributed by atoms with van der Waals surface area (Å²) in [5, 5.41) is 3.27. The molecule has 0 spiro atoms. The molecule has 0 atom stereocenters. The molecule has 84 valence electrons. The summed E-state index contributed by atoms with van der Waals surface area (Å²) in [7, 11) is 0. The molecule has 16 heavy (non-hydrogen) atoms. The van der Waals surface area contributed by atoms with Gasteiger partial charge in [0.15, 0.2) is 5.95 Å². The molecule has 2 aromatic rings. The van der Waals surface area contributed by atoms with E-state index in [0.717, 1.165) is 31.0 Å². The van der Waals surface area contributed by atoms with Crippen LogP contribution in [0.4, 0.5) is 5.95 Å². The molecule has 0 aliphatic heterocycles. The SMILES string of the molecule is Cc1cnc(NCCCc2ccccc2)[nH]1. The van der Waals surface area contributed by atoms with E-state index in [-0.39, 0.29) is 0 Å². The van der Waals surface area contributed by atoms with E-state index in [9.17, 15) is 0 Å². The Labute approximate surface area is 95.9 Å². The summed E-state index contributed by atoms with van der Waals surface area (Å²) >= 11 is 0. The summed E-state index contributed by atoms with van der Waals surface area (Å²) in [5.74, 6) is 0.866. The average Bonchev–Trinajstić information content (AvgIpc) is 2.72. The van der Waals surface area contributed by atoms with Gasteiger partial charge in [-0.3, -0.25) is 0 Å². The predicted molar refractivity (Wildman–Crippen MR) is 66.6 cm³/mol. The van der Waals surface area contributed by atoms with E-state index in [4.69, 9.17) is 0 Å². The fraction of sp³-hybridized carbons (Fsp3) is 0.308. The van der Waals surface area contributed by atoms with Gasteiger partial charge in [0.1, 0.15) is 0 Å². The molecule has 0 fully saturated rings. The standard InChI is InChI=1S/C13H17N3/c1-11-10-15-13(16-11)14-9-5-8-12-6-3-2-4-7-12/h2-4,6-7,10H,5,8-9H2,1H3,(H2,14,15,16). The number of anilines is 1. The van der Waals surface area contributed by atoms with Gasteiger partial charge in [-0.15, -0.1) is 0 Å². The second kappa shape index (κ2) is 5.35. The van der Waals surface area contributed by atoms with E-state index in [1.165, 1.54) is 5.56 Å². The second-order valence-corrected chi connectivity index (χ2v) is 3.93. The average molecular weight is 215 g/mol. The Morgan fingerprint density at radius 2 is 2.06 bits per heavy atom. The van der Waals surface area contributed by atoms with Crippen LogP contribution in [-0.2, 0) is 6.42 Å². The number of nitrogens with zero attached hydrogens (tertiary/aromatic N) is 1. The molecular weight excluding hydrogens is 198 g/mol. The second-order valence-electron chi connectivity index (χ2n) is 3.93. The van der Waals surface area contributed by atoms with Crippen molar-refractivity contribution in [2.45, 2.75) is 19.8 Å². The summed E-state index contributed by atoms with van der Waals surface area (Å²) in [4.78, 5) is 7.35. The van der Waals surface area contributed by atoms with Crippen molar-refractivity contribution in [2.75, 3.05) is 11.9 Å². The topological polar surface area (TPSA) is 40.7 Å². The van der Waals surface area contributed by atoms with Crippen molar-refractivity contribution < 1.29 is 0 Å². The molecule has 0 aliphatic rings. The molecule has 0 bridgehead atoms. The first-order valence-corrected chi connectivity index (χ1v) is 5.64. The van der Waals surface area contributed by atoms with Crippen molar-refractivity contribution in [3.05, 3.63) is 47.8 Å². The highest BCUT2D eigenvalue weighted by Gasteiger charge is 1.96. The first-order valence-electron chi connectivity index (χ1n) is 5.64. The van der Waals surface area contributed by atoms with Gasteiger partial charge in [0.05, 0.1) is 0 Å². The van der Waals surface area contributed by atoms with Crippen molar-refractivity contribution in [3.63, 3.8) is 0 Å². The highest BCUT2D eigenvalue weighted by Crippen LogP contribution is 2.04. The lowest BCUT2D eigenvalue weighted by atomic mass is 10.1. The number of hydrogen-bond acceptors (Lipinski definition) is 2. The molecule has 0 amide bonds. The first-order chi connectivity index (χ1) is 7.84. The molecule has 3 nitrogen and oxygen atoms in total. The molecule has 1 aromatic carbocycles. The normalized spacial score (nSPS) is 10.3. The van der Waals surface area contributed by atoms with Crippen LogP contribution in [0.5, 0.6) is 0 Å². The molecule has 0 saturated heterocycles. The van der Waals surface area contributed by atoms with Crippen molar-refractivity contribution in [2.24, 2.45) is 0 Å². The fourth-order valence-electron chi connectivity index (χ4n) is 1.65. The summed E-state index contributed by atoms with van der Waals surface area (Å²) in [6, 6.07) is 10.5. The number of aromatic amines is 1. The number of imidazole rings is 1. The van der Waals surface area contributed by atoms with E-state index < -0.39 is 0 Å². The lowest BCUT2D eigenvalue weighted by Gasteiger charge is -2.03. The van der Waals surface area contributed by atoms with Gasteiger partial charge in [-0.1, -0.05) is 30.3 Å². The summed E-state index contributed by atoms with van der Waals surface area (Å²) in [6.07, 6.45) is 4.05. The van der Waals surface area contributed by atoms with Crippen molar-refractivity contribution >= 4 is 5.95 Å². The zero-order valence-electron chi connectivity index (χ0n) is 9.53. The first kappa shape index (κ1) is 10.7. The monoisotopic (exact) mass is 215 g/mol. The van der Waals surface area contributed by atoms with Gasteiger partial charge in [-0.05, 0) is 25.3 Å². The van der Waals surface area contributed by atoms with Crippen molar-refractivity contribution in [1.82, 2.24) is 9.97 Å². The highest BCUT2D eigenvalue weighted by atomic mass is 15.1. The summed E-state index contributed by atoms with van der Waals surface area (Å²) < 4.78 is 0. The van der Waals surface area contributed by atoms with Crippen LogP contribution >= 0.6 is 0 Å². The molecule has 0 unspecified atom stereocenters. The molecule has 2 rings (SSSR count). The van der Waals surface area contributed by atoms with Crippen molar-refractivity contribution in [3.8, 4) is 0 Å². The Bertz CT molecular complexity index is 420. The Morgan fingerprint density at radius 1 is 1.25 bits per heavy atom.